The Morgan fingerprint density at radius 2 is 1.79 bits per heavy atom. The third-order valence-electron chi connectivity index (χ3n) is 8.74. The van der Waals surface area contributed by atoms with Gasteiger partial charge in [0.15, 0.2) is 0 Å². The highest BCUT2D eigenvalue weighted by molar-refractivity contribution is 5.87. The van der Waals surface area contributed by atoms with E-state index in [1.54, 1.807) is 0 Å². The number of rotatable bonds is 11. The zero-order valence-electron chi connectivity index (χ0n) is 20.1. The predicted molar refractivity (Wildman–Crippen MR) is 127 cm³/mol. The van der Waals surface area contributed by atoms with Crippen molar-refractivity contribution in [3.63, 3.8) is 0 Å². The topological polar surface area (TPSA) is 83.8 Å². The number of aryl methyl sites for hydroxylation is 1. The molecule has 5 nitrogen and oxygen atoms in total. The van der Waals surface area contributed by atoms with Gasteiger partial charge in [0, 0.05) is 30.8 Å². The highest BCUT2D eigenvalue weighted by Gasteiger charge is 2.58. The van der Waals surface area contributed by atoms with Gasteiger partial charge in [-0.2, -0.15) is 0 Å². The molecule has 0 aromatic heterocycles. The van der Waals surface area contributed by atoms with Gasteiger partial charge in [-0.25, -0.2) is 0 Å². The number of hydrogen-bond donors (Lipinski definition) is 2. The molecule has 2 N–H and O–H groups in total. The Kier molecular flexibility index (Phi) is 7.78. The average molecular weight is 457 g/mol. The number of hydrogen-bond acceptors (Lipinski definition) is 4. The summed E-state index contributed by atoms with van der Waals surface area (Å²) in [5.74, 6) is 1.34. The van der Waals surface area contributed by atoms with E-state index in [1.807, 2.05) is 12.1 Å². The molecule has 33 heavy (non-hydrogen) atoms. The van der Waals surface area contributed by atoms with Crippen LogP contribution in [-0.4, -0.2) is 34.7 Å². The molecule has 2 saturated carbocycles. The van der Waals surface area contributed by atoms with E-state index in [4.69, 9.17) is 9.84 Å². The molecule has 3 aliphatic rings. The van der Waals surface area contributed by atoms with Crippen molar-refractivity contribution in [1.82, 2.24) is 0 Å². The Morgan fingerprint density at radius 1 is 1.06 bits per heavy atom. The first-order chi connectivity index (χ1) is 15.9. The van der Waals surface area contributed by atoms with Crippen LogP contribution in [0, 0.1) is 17.3 Å². The molecule has 5 heteroatoms. The van der Waals surface area contributed by atoms with Crippen molar-refractivity contribution < 1.29 is 24.5 Å². The summed E-state index contributed by atoms with van der Waals surface area (Å²) < 4.78 is 6.55. The van der Waals surface area contributed by atoms with Crippen molar-refractivity contribution in [3.05, 3.63) is 29.3 Å². The number of aromatic hydroxyl groups is 1. The zero-order chi connectivity index (χ0) is 23.4. The lowest BCUT2D eigenvalue weighted by Crippen LogP contribution is -2.49. The number of carbonyl (C=O) groups is 2. The van der Waals surface area contributed by atoms with Crippen LogP contribution >= 0.6 is 0 Å². The van der Waals surface area contributed by atoms with Gasteiger partial charge in [-0.3, -0.25) is 9.59 Å². The number of unbranched alkanes of at least 4 members (excludes halogenated alkanes) is 6. The number of ether oxygens (including phenoxy) is 1. The van der Waals surface area contributed by atoms with Crippen molar-refractivity contribution in [2.24, 2.45) is 17.3 Å². The third-order valence-corrected chi connectivity index (χ3v) is 8.74. The van der Waals surface area contributed by atoms with Gasteiger partial charge in [0.25, 0.3) is 0 Å². The van der Waals surface area contributed by atoms with E-state index in [9.17, 15) is 14.7 Å². The highest BCUT2D eigenvalue weighted by Crippen LogP contribution is 2.60. The van der Waals surface area contributed by atoms with Crippen LogP contribution < -0.4 is 0 Å². The number of benzene rings is 1. The van der Waals surface area contributed by atoms with Gasteiger partial charge in [-0.15, -0.1) is 0 Å². The molecular formula is C28H40O5. The number of ketones is 1. The van der Waals surface area contributed by atoms with Gasteiger partial charge in [0.2, 0.25) is 0 Å². The summed E-state index contributed by atoms with van der Waals surface area (Å²) in [4.78, 5) is 23.4. The molecule has 1 aromatic rings. The van der Waals surface area contributed by atoms with Crippen molar-refractivity contribution in [2.75, 3.05) is 6.61 Å². The lowest BCUT2D eigenvalue weighted by Gasteiger charge is -2.51. The SMILES string of the molecule is C[C@]12C[C@H](OCCCCCCCCCC(=O)O)[C@@H]3c4ccc(O)cc4CC[C@H]3[C@@H]1CCC2=O. The van der Waals surface area contributed by atoms with Crippen molar-refractivity contribution in [1.29, 1.82) is 0 Å². The van der Waals surface area contributed by atoms with Crippen LogP contribution in [0.25, 0.3) is 0 Å². The fourth-order valence-corrected chi connectivity index (χ4v) is 7.05. The minimum Gasteiger partial charge on any atom is -0.508 e. The van der Waals surface area contributed by atoms with Crippen LogP contribution in [0.1, 0.15) is 101 Å². The maximum Gasteiger partial charge on any atom is 0.303 e. The molecule has 0 aliphatic heterocycles. The second-order valence-electron chi connectivity index (χ2n) is 10.8. The summed E-state index contributed by atoms with van der Waals surface area (Å²) in [6.07, 6.45) is 12.3. The zero-order valence-corrected chi connectivity index (χ0v) is 20.1. The Bertz CT molecular complexity index is 849. The third kappa shape index (κ3) is 5.29. The molecule has 0 saturated heterocycles. The molecule has 0 spiro atoms. The van der Waals surface area contributed by atoms with Gasteiger partial charge in [0.1, 0.15) is 11.5 Å². The van der Waals surface area contributed by atoms with Crippen LogP contribution in [0.15, 0.2) is 18.2 Å². The lowest BCUT2D eigenvalue weighted by atomic mass is 9.54. The summed E-state index contributed by atoms with van der Waals surface area (Å²) >= 11 is 0. The molecule has 0 bridgehead atoms. The normalized spacial score (nSPS) is 30.5. The Morgan fingerprint density at radius 3 is 2.55 bits per heavy atom. The van der Waals surface area contributed by atoms with Crippen molar-refractivity contribution in [3.8, 4) is 5.75 Å². The summed E-state index contributed by atoms with van der Waals surface area (Å²) in [6.45, 7) is 2.92. The molecular weight excluding hydrogens is 416 g/mol. The Balaban J connectivity index is 1.32. The second-order valence-corrected chi connectivity index (χ2v) is 10.8. The number of Topliss-reactive ketones (excluding diaryl/α,β-unsaturated/α-hetero) is 1. The Labute approximate surface area is 197 Å². The standard InChI is InChI=1S/C28H40O5/c1-28-18-24(33-16-8-6-4-2-3-5-7-9-26(31)32)27-21-13-11-20(29)17-19(21)10-12-22(27)23(28)14-15-25(28)30/h11,13,17,22-24,27,29H,2-10,12,14-16,18H2,1H3,(H,31,32)/t22-,23-,24-,27+,28-/m0/s1. The first-order valence-electron chi connectivity index (χ1n) is 13.1. The van der Waals surface area contributed by atoms with Crippen LogP contribution in [0.5, 0.6) is 5.75 Å². The first kappa shape index (κ1) is 24.3. The summed E-state index contributed by atoms with van der Waals surface area (Å²) in [5.41, 5.74) is 2.34. The number of carboxylic acids is 1. The minimum atomic E-state index is -0.700. The number of aliphatic carboxylic acids is 1. The molecule has 3 aliphatic carbocycles. The molecule has 1 aromatic carbocycles. The smallest absolute Gasteiger partial charge is 0.303 e. The van der Waals surface area contributed by atoms with E-state index in [0.717, 1.165) is 77.2 Å². The quantitative estimate of drug-likeness (QED) is 0.398. The predicted octanol–water partition coefficient (Wildman–Crippen LogP) is 6.02. The Hall–Kier alpha value is -1.88. The summed E-state index contributed by atoms with van der Waals surface area (Å²) in [6, 6.07) is 5.83. The molecule has 0 unspecified atom stereocenters. The van der Waals surface area contributed by atoms with Crippen LogP contribution in [0.3, 0.4) is 0 Å². The number of phenols is 1. The average Bonchev–Trinajstić information content (AvgIpc) is 3.08. The van der Waals surface area contributed by atoms with E-state index in [2.05, 4.69) is 13.0 Å². The number of carboxylic acid groups (broad SMARTS) is 1. The van der Waals surface area contributed by atoms with E-state index < -0.39 is 5.97 Å². The number of fused-ring (bicyclic) bond motifs is 5. The number of carbonyl (C=O) groups excluding carboxylic acids is 1. The van der Waals surface area contributed by atoms with E-state index in [0.29, 0.717) is 35.7 Å². The molecule has 5 atom stereocenters. The molecule has 182 valence electrons. The van der Waals surface area contributed by atoms with Crippen LogP contribution in [0.2, 0.25) is 0 Å². The van der Waals surface area contributed by atoms with Gasteiger partial charge >= 0.3 is 5.97 Å². The molecule has 2 fully saturated rings. The van der Waals surface area contributed by atoms with Gasteiger partial charge in [-0.1, -0.05) is 45.1 Å². The van der Waals surface area contributed by atoms with Gasteiger partial charge < -0.3 is 14.9 Å². The lowest BCUT2D eigenvalue weighted by molar-refractivity contribution is -0.137. The van der Waals surface area contributed by atoms with Gasteiger partial charge in [-0.05, 0) is 73.6 Å². The van der Waals surface area contributed by atoms with E-state index >= 15 is 0 Å². The van der Waals surface area contributed by atoms with Gasteiger partial charge in [0.05, 0.1) is 6.10 Å². The van der Waals surface area contributed by atoms with Crippen LogP contribution in [-0.2, 0) is 20.7 Å². The molecule has 4 rings (SSSR count). The first-order valence-corrected chi connectivity index (χ1v) is 13.1. The maximum absolute atomic E-state index is 12.9. The number of phenolic OH excluding ortho intramolecular Hbond substituents is 1. The van der Waals surface area contributed by atoms with Crippen LogP contribution in [0.4, 0.5) is 0 Å². The van der Waals surface area contributed by atoms with Crippen molar-refractivity contribution >= 4 is 11.8 Å². The summed E-state index contributed by atoms with van der Waals surface area (Å²) in [5, 5.41) is 18.7. The fraction of sp³-hybridized carbons (Fsp3) is 0.714. The molecule has 0 amide bonds. The molecule has 0 heterocycles. The van der Waals surface area contributed by atoms with E-state index in [-0.39, 0.29) is 17.9 Å². The maximum atomic E-state index is 12.9. The van der Waals surface area contributed by atoms with Crippen molar-refractivity contribution in [2.45, 2.75) is 102 Å². The highest BCUT2D eigenvalue weighted by atomic mass is 16.5. The largest absolute Gasteiger partial charge is 0.508 e. The van der Waals surface area contributed by atoms with E-state index in [1.165, 1.54) is 11.1 Å². The minimum absolute atomic E-state index is 0.0675. The molecule has 0 radical (unpaired) electrons. The monoisotopic (exact) mass is 456 g/mol. The fourth-order valence-electron chi connectivity index (χ4n) is 7.05. The second kappa shape index (κ2) is 10.6. The summed E-state index contributed by atoms with van der Waals surface area (Å²) in [7, 11) is 0.